The minimum absolute atomic E-state index is 0.0749. The lowest BCUT2D eigenvalue weighted by Crippen LogP contribution is -2.59. The summed E-state index contributed by atoms with van der Waals surface area (Å²) in [6.45, 7) is 7.90. The number of amides is 4. The fourth-order valence-corrected chi connectivity index (χ4v) is 6.50. The monoisotopic (exact) mass is 827 g/mol. The van der Waals surface area contributed by atoms with Gasteiger partial charge in [0, 0.05) is 44.5 Å². The molecular weight excluding hydrogens is 769 g/mol. The molecule has 0 spiro atoms. The van der Waals surface area contributed by atoms with Crippen molar-refractivity contribution in [3.8, 4) is 5.75 Å². The Morgan fingerprint density at radius 3 is 2.44 bits per heavy atom. The lowest BCUT2D eigenvalue weighted by atomic mass is 9.84. The Kier molecular flexibility index (Phi) is 18.6. The van der Waals surface area contributed by atoms with E-state index in [1.807, 2.05) is 0 Å². The van der Waals surface area contributed by atoms with Crippen molar-refractivity contribution in [1.29, 1.82) is 0 Å². The molecule has 0 aliphatic carbocycles. The number of aromatic hydroxyl groups is 1. The molecule has 2 aliphatic heterocycles. The number of hydrazine groups is 1. The Hall–Kier alpha value is -5.23. The van der Waals surface area contributed by atoms with Gasteiger partial charge >= 0.3 is 5.97 Å². The molecule has 1 aromatic carbocycles. The molecule has 17 heteroatoms. The van der Waals surface area contributed by atoms with E-state index in [1.54, 1.807) is 39.0 Å². The third kappa shape index (κ3) is 14.2. The van der Waals surface area contributed by atoms with E-state index in [1.165, 1.54) is 52.3 Å². The molecule has 2 bridgehead atoms. The Labute approximate surface area is 344 Å². The first-order valence-corrected chi connectivity index (χ1v) is 19.6. The molecule has 3 rings (SSSR count). The number of nitrogens with zero attached hydrogens (tertiary/aromatic N) is 2. The summed E-state index contributed by atoms with van der Waals surface area (Å²) in [6.07, 6.45) is 7.51. The maximum Gasteiger partial charge on any atom is 0.325 e. The van der Waals surface area contributed by atoms with Crippen LogP contribution in [0.25, 0.3) is 0 Å². The molecule has 6 N–H and O–H groups in total. The number of hydrogen-bond donors (Lipinski definition) is 6. The standard InChI is InChI=1S/C42H58FN5O11/c1-24(2)36-40(55)45-37(28-21-29(43)23-30(50)22-28)41(56)48-20-12-14-32(46-48)42(57)59-34(25(3)13-11-17-35(52)47(6)58-7)16-10-8-9-15-33(51)27(5)38(53)31(39(54)44-36)19-18-26(4)49/h8-11,13,15,17,21-24,27,31-34,36-38,46,50-51,53H,12,14,16,18-20H2,1-7H3,(H,44,54)(H,45,55)/b10-8+,15-9+,17-11+,25-13+/t27-,31+,32?,33-,34-,36-,37?,38+/m0/s1. The van der Waals surface area contributed by atoms with Crippen LogP contribution >= 0.6 is 0 Å². The zero-order chi connectivity index (χ0) is 44.0. The molecule has 1 saturated heterocycles. The van der Waals surface area contributed by atoms with Crippen molar-refractivity contribution < 1.29 is 58.1 Å². The number of hydrogen-bond acceptors (Lipinski definition) is 12. The number of benzene rings is 1. The van der Waals surface area contributed by atoms with Gasteiger partial charge in [0.15, 0.2) is 0 Å². The van der Waals surface area contributed by atoms with Crippen molar-refractivity contribution in [3.63, 3.8) is 0 Å². The smallest absolute Gasteiger partial charge is 0.325 e. The number of aliphatic hydroxyl groups excluding tert-OH is 2. The zero-order valence-corrected chi connectivity index (χ0v) is 34.6. The minimum Gasteiger partial charge on any atom is -0.508 e. The third-order valence-corrected chi connectivity index (χ3v) is 10.2. The van der Waals surface area contributed by atoms with E-state index in [4.69, 9.17) is 9.57 Å². The van der Waals surface area contributed by atoms with Crippen molar-refractivity contribution in [2.45, 2.75) is 103 Å². The maximum atomic E-state index is 14.7. The topological polar surface area (TPSA) is 224 Å². The number of phenolic OH excluding ortho intramolecular Hbond substituents is 1. The number of hydroxylamine groups is 2. The number of ketones is 1. The summed E-state index contributed by atoms with van der Waals surface area (Å²) >= 11 is 0. The number of aliphatic hydroxyl groups is 2. The Morgan fingerprint density at radius 2 is 1.80 bits per heavy atom. The second kappa shape index (κ2) is 22.8. The van der Waals surface area contributed by atoms with Crippen molar-refractivity contribution in [3.05, 3.63) is 77.7 Å². The van der Waals surface area contributed by atoms with E-state index in [9.17, 15) is 48.5 Å². The summed E-state index contributed by atoms with van der Waals surface area (Å²) in [5.74, 6) is -8.03. The lowest BCUT2D eigenvalue weighted by Gasteiger charge is -2.36. The molecule has 8 atom stereocenters. The van der Waals surface area contributed by atoms with E-state index in [-0.39, 0.29) is 43.6 Å². The molecule has 0 aromatic heterocycles. The lowest BCUT2D eigenvalue weighted by molar-refractivity contribution is -0.162. The Bertz CT molecular complexity index is 1780. The van der Waals surface area contributed by atoms with Gasteiger partial charge in [0.25, 0.3) is 11.8 Å². The summed E-state index contributed by atoms with van der Waals surface area (Å²) in [4.78, 5) is 85.0. The molecule has 4 amide bonds. The molecule has 2 heterocycles. The number of carbonyl (C=O) groups is 6. The molecule has 324 valence electrons. The van der Waals surface area contributed by atoms with Crippen LogP contribution < -0.4 is 16.1 Å². The van der Waals surface area contributed by atoms with Gasteiger partial charge < -0.3 is 35.5 Å². The Morgan fingerprint density at radius 1 is 1.08 bits per heavy atom. The van der Waals surface area contributed by atoms with Gasteiger partial charge in [-0.25, -0.2) is 14.9 Å². The van der Waals surface area contributed by atoms with Crippen LogP contribution in [0.1, 0.15) is 78.3 Å². The zero-order valence-electron chi connectivity index (χ0n) is 34.6. The number of halogens is 1. The maximum absolute atomic E-state index is 14.7. The van der Waals surface area contributed by atoms with E-state index < -0.39 is 95.4 Å². The van der Waals surface area contributed by atoms with Crippen LogP contribution in [0.15, 0.2) is 66.3 Å². The largest absolute Gasteiger partial charge is 0.508 e. The van der Waals surface area contributed by atoms with Gasteiger partial charge in [-0.3, -0.25) is 33.8 Å². The van der Waals surface area contributed by atoms with Gasteiger partial charge in [0.2, 0.25) is 11.8 Å². The molecule has 1 aromatic rings. The normalized spacial score (nSPS) is 28.2. The van der Waals surface area contributed by atoms with Crippen molar-refractivity contribution in [2.24, 2.45) is 17.8 Å². The summed E-state index contributed by atoms with van der Waals surface area (Å²) in [5.41, 5.74) is 3.30. The molecular formula is C42H58FN5O11. The highest BCUT2D eigenvalue weighted by Crippen LogP contribution is 2.26. The number of esters is 1. The predicted octanol–water partition coefficient (Wildman–Crippen LogP) is 2.62. The van der Waals surface area contributed by atoms with Gasteiger partial charge in [-0.15, -0.1) is 0 Å². The fraction of sp³-hybridized carbons (Fsp3) is 0.524. The molecule has 1 fully saturated rings. The van der Waals surface area contributed by atoms with Crippen LogP contribution in [0.4, 0.5) is 4.39 Å². The van der Waals surface area contributed by atoms with Crippen LogP contribution in [-0.2, 0) is 38.3 Å². The first-order chi connectivity index (χ1) is 27.8. The number of carbonyl (C=O) groups excluding carboxylic acids is 6. The second-order valence-electron chi connectivity index (χ2n) is 15.2. The number of allylic oxidation sites excluding steroid dienone is 4. The van der Waals surface area contributed by atoms with Gasteiger partial charge in [0.1, 0.15) is 41.6 Å². The number of likely N-dealkylation sites (N-methyl/N-ethyl adjacent to an activating group) is 1. The first kappa shape index (κ1) is 48.1. The van der Waals surface area contributed by atoms with Crippen molar-refractivity contribution in [1.82, 2.24) is 26.1 Å². The third-order valence-electron chi connectivity index (χ3n) is 10.2. The van der Waals surface area contributed by atoms with Crippen LogP contribution in [-0.4, -0.2) is 112 Å². The number of phenols is 1. The molecule has 2 aliphatic rings. The fourth-order valence-electron chi connectivity index (χ4n) is 6.50. The summed E-state index contributed by atoms with van der Waals surface area (Å²) in [7, 11) is 2.78. The molecule has 59 heavy (non-hydrogen) atoms. The summed E-state index contributed by atoms with van der Waals surface area (Å²) in [6, 6.07) is -1.09. The highest BCUT2D eigenvalue weighted by Gasteiger charge is 2.39. The molecule has 16 nitrogen and oxygen atoms in total. The van der Waals surface area contributed by atoms with Crippen LogP contribution in [0.2, 0.25) is 0 Å². The van der Waals surface area contributed by atoms with Gasteiger partial charge in [-0.05, 0) is 62.3 Å². The number of cyclic esters (lactones) is 1. The number of fused-ring (bicyclic) bond motifs is 2. The number of rotatable bonds is 9. The average molecular weight is 828 g/mol. The molecule has 0 radical (unpaired) electrons. The summed E-state index contributed by atoms with van der Waals surface area (Å²) in [5, 5.41) is 40.1. The summed E-state index contributed by atoms with van der Waals surface area (Å²) < 4.78 is 20.6. The van der Waals surface area contributed by atoms with Crippen molar-refractivity contribution >= 4 is 35.4 Å². The predicted molar refractivity (Wildman–Crippen MR) is 214 cm³/mol. The van der Waals surface area contributed by atoms with Gasteiger partial charge in [-0.1, -0.05) is 57.2 Å². The number of nitrogens with one attached hydrogen (secondary N) is 3. The van der Waals surface area contributed by atoms with E-state index >= 15 is 0 Å². The SMILES string of the molecule is CON(C)C(=O)/C=C/C=C(\C)[C@@H]1C/C=C/C=C/[C@H](O)[C@H](C)[C@@H](O)[C@@H](CCC(C)=O)C(=O)N[C@@H](C(C)C)C(=O)NC(c2cc(O)cc(F)c2)C(=O)N2CCCC(N2)C(=O)O1. The van der Waals surface area contributed by atoms with E-state index in [2.05, 4.69) is 16.1 Å². The van der Waals surface area contributed by atoms with Gasteiger partial charge in [-0.2, -0.15) is 0 Å². The highest BCUT2D eigenvalue weighted by atomic mass is 19.1. The number of Topliss-reactive ketones (excluding diaryl/α,β-unsaturated/α-hetero) is 1. The van der Waals surface area contributed by atoms with Crippen LogP contribution in [0.5, 0.6) is 5.75 Å². The first-order valence-electron chi connectivity index (χ1n) is 19.6. The second-order valence-corrected chi connectivity index (χ2v) is 15.2. The quantitative estimate of drug-likeness (QED) is 0.0916. The van der Waals surface area contributed by atoms with Gasteiger partial charge in [0.05, 0.1) is 25.2 Å². The minimum atomic E-state index is -1.63. The Balaban J connectivity index is 2.11. The van der Waals surface area contributed by atoms with Crippen LogP contribution in [0.3, 0.4) is 0 Å². The van der Waals surface area contributed by atoms with Crippen LogP contribution in [0, 0.1) is 23.6 Å². The molecule has 2 unspecified atom stereocenters. The average Bonchev–Trinajstić information content (AvgIpc) is 3.19. The van der Waals surface area contributed by atoms with E-state index in [0.29, 0.717) is 12.0 Å². The molecule has 0 saturated carbocycles. The van der Waals surface area contributed by atoms with Crippen molar-refractivity contribution in [2.75, 3.05) is 20.7 Å². The highest BCUT2D eigenvalue weighted by molar-refractivity contribution is 5.93. The van der Waals surface area contributed by atoms with E-state index in [0.717, 1.165) is 28.3 Å². The number of ether oxygens (including phenoxy) is 1.